The summed E-state index contributed by atoms with van der Waals surface area (Å²) in [7, 11) is 0. The first-order valence-electron chi connectivity index (χ1n) is 7.57. The van der Waals surface area contributed by atoms with Gasteiger partial charge >= 0.3 is 5.24 Å². The van der Waals surface area contributed by atoms with Gasteiger partial charge in [-0.1, -0.05) is 48.2 Å². The molecule has 4 rings (SSSR count). The molecule has 120 valence electrons. The van der Waals surface area contributed by atoms with Crippen LogP contribution in [0.1, 0.15) is 22.3 Å². The van der Waals surface area contributed by atoms with Crippen molar-refractivity contribution in [1.82, 2.24) is 0 Å². The van der Waals surface area contributed by atoms with Crippen molar-refractivity contribution in [2.24, 2.45) is 4.99 Å². The number of nitrogens with zero attached hydrogens (tertiary/aromatic N) is 1. The van der Waals surface area contributed by atoms with Crippen molar-refractivity contribution in [2.45, 2.75) is 11.2 Å². The molecule has 0 saturated heterocycles. The maximum atomic E-state index is 11.8. The van der Waals surface area contributed by atoms with Crippen LogP contribution in [0.3, 0.4) is 0 Å². The number of carbonyl (C=O) groups is 2. The summed E-state index contributed by atoms with van der Waals surface area (Å²) in [6.07, 6.45) is 1.70. The molecule has 2 amide bonds. The zero-order valence-corrected chi connectivity index (χ0v) is 13.5. The Hall–Kier alpha value is -2.60. The van der Waals surface area contributed by atoms with E-state index in [2.05, 4.69) is 10.3 Å². The Morgan fingerprint density at radius 2 is 1.92 bits per heavy atom. The van der Waals surface area contributed by atoms with E-state index in [4.69, 9.17) is 4.74 Å². The number of benzene rings is 2. The normalized spacial score (nSPS) is 22.5. The van der Waals surface area contributed by atoms with E-state index in [9.17, 15) is 9.59 Å². The van der Waals surface area contributed by atoms with E-state index in [-0.39, 0.29) is 28.9 Å². The number of ether oxygens (including phenoxy) is 1. The fraction of sp³-hybridized carbons (Fsp3) is 0.167. The third-order valence-corrected chi connectivity index (χ3v) is 5.17. The number of nitrogens with one attached hydrogen (secondary N) is 1. The monoisotopic (exact) mass is 338 g/mol. The second kappa shape index (κ2) is 6.13. The fourth-order valence-electron chi connectivity index (χ4n) is 2.92. The summed E-state index contributed by atoms with van der Waals surface area (Å²) >= 11 is 1.22. The smallest absolute Gasteiger partial charge is 0.305 e. The number of rotatable bonds is 2. The number of thioether (sulfide) groups is 1. The Bertz CT molecular complexity index is 835. The number of amides is 2. The largest absolute Gasteiger partial charge is 0.482 e. The molecular weight excluding hydrogens is 324 g/mol. The summed E-state index contributed by atoms with van der Waals surface area (Å²) in [6, 6.07) is 15.6. The molecule has 0 spiro atoms. The molecule has 6 heteroatoms. The number of fused-ring (bicyclic) bond motifs is 1. The summed E-state index contributed by atoms with van der Waals surface area (Å²) in [5.74, 6) is 0.437. The molecule has 0 saturated carbocycles. The minimum atomic E-state index is -0.185. The van der Waals surface area contributed by atoms with Crippen molar-refractivity contribution < 1.29 is 14.3 Å². The number of anilines is 1. The van der Waals surface area contributed by atoms with Gasteiger partial charge in [-0.25, -0.2) is 4.99 Å². The first-order valence-corrected chi connectivity index (χ1v) is 8.45. The van der Waals surface area contributed by atoms with Crippen LogP contribution in [0.15, 0.2) is 53.5 Å². The number of hydrogen-bond acceptors (Lipinski definition) is 4. The molecule has 0 radical (unpaired) electrons. The standard InChI is InChI=1S/C18H14N2O3S/c21-16-10-23-15-7-6-12(8-14(15)20-16)13-9-19-18(22)24-17(13)11-4-2-1-3-5-11/h1-9,13,17H,10H2,(H,20,21). The summed E-state index contributed by atoms with van der Waals surface area (Å²) < 4.78 is 5.40. The van der Waals surface area contributed by atoms with Crippen molar-refractivity contribution in [3.63, 3.8) is 0 Å². The first-order chi connectivity index (χ1) is 11.7. The van der Waals surface area contributed by atoms with E-state index < -0.39 is 0 Å². The van der Waals surface area contributed by atoms with Crippen molar-refractivity contribution in [3.05, 3.63) is 59.7 Å². The van der Waals surface area contributed by atoms with E-state index in [1.807, 2.05) is 48.5 Å². The van der Waals surface area contributed by atoms with Crippen LogP contribution >= 0.6 is 11.8 Å². The van der Waals surface area contributed by atoms with Crippen molar-refractivity contribution in [3.8, 4) is 5.75 Å². The van der Waals surface area contributed by atoms with Gasteiger partial charge in [0.25, 0.3) is 5.91 Å². The van der Waals surface area contributed by atoms with Gasteiger partial charge in [0, 0.05) is 12.1 Å². The minimum Gasteiger partial charge on any atom is -0.482 e. The van der Waals surface area contributed by atoms with E-state index >= 15 is 0 Å². The second-order valence-corrected chi connectivity index (χ2v) is 6.70. The molecule has 2 aliphatic rings. The molecule has 0 fully saturated rings. The van der Waals surface area contributed by atoms with E-state index in [1.54, 1.807) is 6.21 Å². The van der Waals surface area contributed by atoms with E-state index in [0.717, 1.165) is 11.1 Å². The first kappa shape index (κ1) is 15.0. The molecule has 24 heavy (non-hydrogen) atoms. The molecule has 2 aliphatic heterocycles. The lowest BCUT2D eigenvalue weighted by Crippen LogP contribution is -2.25. The summed E-state index contributed by atoms with van der Waals surface area (Å²) in [4.78, 5) is 27.3. The predicted octanol–water partition coefficient (Wildman–Crippen LogP) is 3.78. The van der Waals surface area contributed by atoms with Gasteiger partial charge in [-0.3, -0.25) is 9.59 Å². The van der Waals surface area contributed by atoms with Crippen LogP contribution in [-0.4, -0.2) is 24.0 Å². The van der Waals surface area contributed by atoms with Gasteiger partial charge in [-0.15, -0.1) is 0 Å². The lowest BCUT2D eigenvalue weighted by atomic mass is 9.91. The van der Waals surface area contributed by atoms with Crippen LogP contribution in [0.2, 0.25) is 0 Å². The summed E-state index contributed by atoms with van der Waals surface area (Å²) in [5.41, 5.74) is 2.72. The van der Waals surface area contributed by atoms with E-state index in [1.165, 1.54) is 11.8 Å². The predicted molar refractivity (Wildman–Crippen MR) is 94.0 cm³/mol. The van der Waals surface area contributed by atoms with Crippen molar-refractivity contribution >= 4 is 34.8 Å². The highest BCUT2D eigenvalue weighted by Gasteiger charge is 2.31. The second-order valence-electron chi connectivity index (χ2n) is 5.61. The minimum absolute atomic E-state index is 0.0359. The van der Waals surface area contributed by atoms with Crippen LogP contribution < -0.4 is 10.1 Å². The number of hydrogen-bond donors (Lipinski definition) is 1. The molecular formula is C18H14N2O3S. The van der Waals surface area contributed by atoms with E-state index in [0.29, 0.717) is 11.4 Å². The summed E-state index contributed by atoms with van der Waals surface area (Å²) in [5, 5.41) is 2.59. The van der Waals surface area contributed by atoms with Crippen LogP contribution in [-0.2, 0) is 4.79 Å². The Morgan fingerprint density at radius 3 is 2.75 bits per heavy atom. The Morgan fingerprint density at radius 1 is 1.08 bits per heavy atom. The molecule has 1 N–H and O–H groups in total. The van der Waals surface area contributed by atoms with Crippen LogP contribution in [0, 0.1) is 0 Å². The zero-order chi connectivity index (χ0) is 16.5. The quantitative estimate of drug-likeness (QED) is 0.905. The molecule has 0 bridgehead atoms. The van der Waals surface area contributed by atoms with Crippen LogP contribution in [0.5, 0.6) is 5.75 Å². The third kappa shape index (κ3) is 2.80. The van der Waals surface area contributed by atoms with Crippen LogP contribution in [0.25, 0.3) is 0 Å². The zero-order valence-electron chi connectivity index (χ0n) is 12.6. The number of carbonyl (C=O) groups excluding carboxylic acids is 2. The molecule has 2 aromatic carbocycles. The van der Waals surface area contributed by atoms with Gasteiger partial charge in [0.05, 0.1) is 10.9 Å². The Labute approximate surface area is 143 Å². The van der Waals surface area contributed by atoms with Gasteiger partial charge in [0.1, 0.15) is 5.75 Å². The highest BCUT2D eigenvalue weighted by molar-refractivity contribution is 8.14. The lowest BCUT2D eigenvalue weighted by Gasteiger charge is -2.27. The lowest BCUT2D eigenvalue weighted by molar-refractivity contribution is -0.118. The molecule has 2 unspecified atom stereocenters. The van der Waals surface area contributed by atoms with Crippen molar-refractivity contribution in [2.75, 3.05) is 11.9 Å². The maximum absolute atomic E-state index is 11.8. The average Bonchev–Trinajstić information content (AvgIpc) is 2.62. The SMILES string of the molecule is O=C1COc2ccc(C3C=NC(=O)SC3c3ccccc3)cc2N1. The third-order valence-electron chi connectivity index (χ3n) is 4.04. The van der Waals surface area contributed by atoms with Crippen molar-refractivity contribution in [1.29, 1.82) is 0 Å². The van der Waals surface area contributed by atoms with Gasteiger partial charge in [-0.05, 0) is 23.3 Å². The van der Waals surface area contributed by atoms with Crippen LogP contribution in [0.4, 0.5) is 10.5 Å². The highest BCUT2D eigenvalue weighted by atomic mass is 32.2. The molecule has 0 aliphatic carbocycles. The van der Waals surface area contributed by atoms with Gasteiger partial charge in [-0.2, -0.15) is 0 Å². The summed E-state index contributed by atoms with van der Waals surface area (Å²) in [6.45, 7) is 0.0359. The van der Waals surface area contributed by atoms with Gasteiger partial charge < -0.3 is 10.1 Å². The highest BCUT2D eigenvalue weighted by Crippen LogP contribution is 2.45. The Kier molecular flexibility index (Phi) is 3.82. The molecule has 2 aromatic rings. The Balaban J connectivity index is 1.73. The molecule has 2 heterocycles. The average molecular weight is 338 g/mol. The van der Waals surface area contributed by atoms with Gasteiger partial charge in [0.2, 0.25) is 0 Å². The molecule has 5 nitrogen and oxygen atoms in total. The van der Waals surface area contributed by atoms with Gasteiger partial charge in [0.15, 0.2) is 6.61 Å². The fourth-order valence-corrected chi connectivity index (χ4v) is 3.92. The molecule has 2 atom stereocenters. The maximum Gasteiger partial charge on any atom is 0.305 e. The topological polar surface area (TPSA) is 67.8 Å². The molecule has 0 aromatic heterocycles. The number of aliphatic imine (C=N–C) groups is 1.